The number of piperidine rings is 1. The van der Waals surface area contributed by atoms with E-state index < -0.39 is 17.7 Å². The van der Waals surface area contributed by atoms with Gasteiger partial charge in [0.2, 0.25) is 11.8 Å². The number of carbonyl (C=O) groups excluding carboxylic acids is 2. The molecule has 32 heavy (non-hydrogen) atoms. The summed E-state index contributed by atoms with van der Waals surface area (Å²) >= 11 is 0. The minimum atomic E-state index is -0.616. The number of rotatable bonds is 6. The second-order valence-corrected chi connectivity index (χ2v) is 7.92. The van der Waals surface area contributed by atoms with Gasteiger partial charge in [-0.2, -0.15) is 0 Å². The van der Waals surface area contributed by atoms with Crippen LogP contribution in [0.2, 0.25) is 0 Å². The number of anilines is 1. The van der Waals surface area contributed by atoms with Crippen molar-refractivity contribution in [2.45, 2.75) is 20.0 Å². The lowest BCUT2D eigenvalue weighted by atomic mass is 9.85. The van der Waals surface area contributed by atoms with E-state index in [0.29, 0.717) is 37.6 Å². The fourth-order valence-electron chi connectivity index (χ4n) is 4.08. The number of nitrogens with zero attached hydrogens (tertiary/aromatic N) is 1. The standard InChI is InChI=1S/C24H26N4O4/c1-15-12-16(19-4-2-3-5-22(19)26-15)14-32-18-8-6-17(7-9-18)27-23(29)20-10-11-25-13-21(20)24(30)28-31/h2-9,12,20-21,25,31H,10-11,13-14H2,1H3,(H,27,29)(H,28,30)/t20?,21-/m0/s1. The molecular formula is C24H26N4O4. The van der Waals surface area contributed by atoms with Crippen LogP contribution < -0.4 is 20.9 Å². The number of amides is 2. The third kappa shape index (κ3) is 4.87. The summed E-state index contributed by atoms with van der Waals surface area (Å²) in [6, 6.07) is 17.1. The number of fused-ring (bicyclic) bond motifs is 1. The van der Waals surface area contributed by atoms with Gasteiger partial charge >= 0.3 is 0 Å². The van der Waals surface area contributed by atoms with Crippen LogP contribution in [-0.2, 0) is 16.2 Å². The number of hydroxylamine groups is 1. The number of para-hydroxylation sites is 1. The van der Waals surface area contributed by atoms with Crippen LogP contribution in [0.1, 0.15) is 17.7 Å². The van der Waals surface area contributed by atoms with Crippen molar-refractivity contribution in [2.24, 2.45) is 11.8 Å². The van der Waals surface area contributed by atoms with Gasteiger partial charge in [0.15, 0.2) is 0 Å². The molecule has 0 aliphatic carbocycles. The van der Waals surface area contributed by atoms with Gasteiger partial charge in [-0.05, 0) is 56.3 Å². The summed E-state index contributed by atoms with van der Waals surface area (Å²) in [4.78, 5) is 29.1. The SMILES string of the molecule is Cc1cc(COc2ccc(NC(=O)C3CCNC[C@@H]3C(=O)NO)cc2)c2ccccc2n1. The summed E-state index contributed by atoms with van der Waals surface area (Å²) in [5.41, 5.74) is 5.21. The van der Waals surface area contributed by atoms with Gasteiger partial charge in [-0.1, -0.05) is 18.2 Å². The maximum absolute atomic E-state index is 12.7. The largest absolute Gasteiger partial charge is 0.489 e. The number of aromatic nitrogens is 1. The molecule has 2 amide bonds. The van der Waals surface area contributed by atoms with Crippen LogP contribution in [0, 0.1) is 18.8 Å². The van der Waals surface area contributed by atoms with Crippen molar-refractivity contribution in [2.75, 3.05) is 18.4 Å². The molecule has 4 rings (SSSR count). The molecule has 1 unspecified atom stereocenters. The highest BCUT2D eigenvalue weighted by molar-refractivity contribution is 5.96. The Balaban J connectivity index is 1.39. The van der Waals surface area contributed by atoms with Gasteiger partial charge < -0.3 is 15.4 Å². The highest BCUT2D eigenvalue weighted by Gasteiger charge is 2.35. The highest BCUT2D eigenvalue weighted by atomic mass is 16.5. The zero-order valence-electron chi connectivity index (χ0n) is 17.8. The fourth-order valence-corrected chi connectivity index (χ4v) is 4.08. The zero-order chi connectivity index (χ0) is 22.5. The molecule has 8 heteroatoms. The lowest BCUT2D eigenvalue weighted by Crippen LogP contribution is -2.48. The molecule has 1 saturated heterocycles. The quantitative estimate of drug-likeness (QED) is 0.351. The molecule has 1 fully saturated rings. The highest BCUT2D eigenvalue weighted by Crippen LogP contribution is 2.24. The Hall–Kier alpha value is -3.49. The van der Waals surface area contributed by atoms with Crippen LogP contribution in [-0.4, -0.2) is 35.1 Å². The number of hydrogen-bond donors (Lipinski definition) is 4. The van der Waals surface area contributed by atoms with Crippen LogP contribution in [0.3, 0.4) is 0 Å². The molecule has 0 spiro atoms. The predicted molar refractivity (Wildman–Crippen MR) is 120 cm³/mol. The Labute approximate surface area is 186 Å². The molecule has 2 aromatic carbocycles. The first-order valence-corrected chi connectivity index (χ1v) is 10.6. The van der Waals surface area contributed by atoms with Gasteiger partial charge in [0.1, 0.15) is 12.4 Å². The van der Waals surface area contributed by atoms with E-state index in [9.17, 15) is 9.59 Å². The van der Waals surface area contributed by atoms with E-state index in [1.807, 2.05) is 37.3 Å². The third-order valence-corrected chi connectivity index (χ3v) is 5.71. The first kappa shape index (κ1) is 21.7. The Morgan fingerprint density at radius 2 is 1.91 bits per heavy atom. The summed E-state index contributed by atoms with van der Waals surface area (Å²) in [5.74, 6) is -1.24. The van der Waals surface area contributed by atoms with E-state index in [1.165, 1.54) is 0 Å². The molecule has 4 N–H and O–H groups in total. The molecule has 8 nitrogen and oxygen atoms in total. The smallest absolute Gasteiger partial charge is 0.248 e. The number of carbonyl (C=O) groups is 2. The summed E-state index contributed by atoms with van der Waals surface area (Å²) in [5, 5.41) is 15.9. The maximum Gasteiger partial charge on any atom is 0.248 e. The maximum atomic E-state index is 12.7. The molecule has 0 bridgehead atoms. The molecular weight excluding hydrogens is 408 g/mol. The zero-order valence-corrected chi connectivity index (χ0v) is 17.8. The third-order valence-electron chi connectivity index (χ3n) is 5.71. The molecule has 166 valence electrons. The van der Waals surface area contributed by atoms with Crippen molar-refractivity contribution in [3.05, 3.63) is 65.9 Å². The van der Waals surface area contributed by atoms with Crippen LogP contribution in [0.25, 0.3) is 10.9 Å². The van der Waals surface area contributed by atoms with Crippen LogP contribution in [0.5, 0.6) is 5.75 Å². The van der Waals surface area contributed by atoms with Crippen molar-refractivity contribution in [3.8, 4) is 5.75 Å². The molecule has 1 aromatic heterocycles. The molecule has 0 saturated carbocycles. The van der Waals surface area contributed by atoms with Crippen LogP contribution in [0.15, 0.2) is 54.6 Å². The summed E-state index contributed by atoms with van der Waals surface area (Å²) < 4.78 is 5.97. The van der Waals surface area contributed by atoms with E-state index in [4.69, 9.17) is 9.94 Å². The number of nitrogens with one attached hydrogen (secondary N) is 3. The Kier molecular flexibility index (Phi) is 6.63. The fraction of sp³-hybridized carbons (Fsp3) is 0.292. The number of aryl methyl sites for hydroxylation is 1. The molecule has 0 radical (unpaired) electrons. The van der Waals surface area contributed by atoms with E-state index in [-0.39, 0.29) is 5.91 Å². The number of hydrogen-bond acceptors (Lipinski definition) is 6. The predicted octanol–water partition coefficient (Wildman–Crippen LogP) is 2.79. The average molecular weight is 434 g/mol. The molecule has 1 aliphatic heterocycles. The van der Waals surface area contributed by atoms with Gasteiger partial charge in [-0.15, -0.1) is 0 Å². The van der Waals surface area contributed by atoms with Crippen molar-refractivity contribution < 1.29 is 19.5 Å². The van der Waals surface area contributed by atoms with Gasteiger partial charge in [0, 0.05) is 28.9 Å². The Bertz CT molecular complexity index is 1120. The molecule has 1 aliphatic rings. The number of benzene rings is 2. The Morgan fingerprint density at radius 1 is 1.12 bits per heavy atom. The summed E-state index contributed by atoms with van der Waals surface area (Å²) in [6.45, 7) is 3.36. The van der Waals surface area contributed by atoms with Crippen molar-refractivity contribution in [3.63, 3.8) is 0 Å². The van der Waals surface area contributed by atoms with Gasteiger partial charge in [-0.25, -0.2) is 5.48 Å². The first-order chi connectivity index (χ1) is 15.5. The van der Waals surface area contributed by atoms with Gasteiger partial charge in [0.25, 0.3) is 0 Å². The van der Waals surface area contributed by atoms with E-state index in [1.54, 1.807) is 29.7 Å². The van der Waals surface area contributed by atoms with Crippen LogP contribution in [0.4, 0.5) is 5.69 Å². The Morgan fingerprint density at radius 3 is 2.69 bits per heavy atom. The van der Waals surface area contributed by atoms with E-state index >= 15 is 0 Å². The molecule has 2 atom stereocenters. The number of ether oxygens (including phenoxy) is 1. The molecule has 3 aromatic rings. The van der Waals surface area contributed by atoms with E-state index in [0.717, 1.165) is 22.2 Å². The molecule has 2 heterocycles. The second-order valence-electron chi connectivity index (χ2n) is 7.92. The monoisotopic (exact) mass is 434 g/mol. The van der Waals surface area contributed by atoms with Gasteiger partial charge in [-0.3, -0.25) is 19.8 Å². The minimum absolute atomic E-state index is 0.243. The second kappa shape index (κ2) is 9.76. The van der Waals surface area contributed by atoms with Crippen molar-refractivity contribution >= 4 is 28.4 Å². The van der Waals surface area contributed by atoms with Crippen LogP contribution >= 0.6 is 0 Å². The first-order valence-electron chi connectivity index (χ1n) is 10.6. The van der Waals surface area contributed by atoms with Crippen molar-refractivity contribution in [1.82, 2.24) is 15.8 Å². The lowest BCUT2D eigenvalue weighted by molar-refractivity contribution is -0.139. The van der Waals surface area contributed by atoms with E-state index in [2.05, 4.69) is 15.6 Å². The topological polar surface area (TPSA) is 113 Å². The lowest BCUT2D eigenvalue weighted by Gasteiger charge is -2.29. The normalized spacial score (nSPS) is 18.2. The van der Waals surface area contributed by atoms with Gasteiger partial charge in [0.05, 0.1) is 17.4 Å². The number of pyridine rings is 1. The summed E-state index contributed by atoms with van der Waals surface area (Å²) in [6.07, 6.45) is 0.518. The average Bonchev–Trinajstić information content (AvgIpc) is 2.82. The van der Waals surface area contributed by atoms with Crippen molar-refractivity contribution in [1.29, 1.82) is 0 Å². The summed E-state index contributed by atoms with van der Waals surface area (Å²) in [7, 11) is 0. The minimum Gasteiger partial charge on any atom is -0.489 e.